The Hall–Kier alpha value is -3.97. The zero-order valence-corrected chi connectivity index (χ0v) is 21.4. The Morgan fingerprint density at radius 1 is 0.944 bits per heavy atom. The van der Waals surface area contributed by atoms with E-state index in [1.54, 1.807) is 6.20 Å². The third-order valence-corrected chi connectivity index (χ3v) is 7.24. The Morgan fingerprint density at radius 3 is 2.28 bits per heavy atom. The molecule has 2 aromatic heterocycles. The van der Waals surface area contributed by atoms with Gasteiger partial charge in [-0.1, -0.05) is 42.5 Å². The first-order chi connectivity index (χ1) is 17.5. The summed E-state index contributed by atoms with van der Waals surface area (Å²) in [6.07, 6.45) is 1.79. The molecule has 0 radical (unpaired) electrons. The number of aromatic nitrogens is 2. The fourth-order valence-corrected chi connectivity index (χ4v) is 5.48. The number of rotatable bonds is 6. The standard InChI is InChI=1S/C29H29N5OS/c1-19-20(2)34(23-14-8-5-9-15-23)21(3)26(19)28-27(24-16-10-11-17-30-24)32-29(36)33(28)18-25(35)31-22-12-6-4-7-13-22/h4-17,27-28H,18H2,1-3H3,(H,31,35)(H,32,36)/t27-,28-/m0/s1. The Bertz CT molecular complexity index is 1390. The van der Waals surface area contributed by atoms with Crippen molar-refractivity contribution in [3.05, 3.63) is 113 Å². The molecule has 0 saturated carbocycles. The lowest BCUT2D eigenvalue weighted by atomic mass is 9.93. The van der Waals surface area contributed by atoms with Crippen molar-refractivity contribution < 1.29 is 4.79 Å². The molecule has 2 N–H and O–H groups in total. The summed E-state index contributed by atoms with van der Waals surface area (Å²) in [6, 6.07) is 25.3. The van der Waals surface area contributed by atoms with Crippen LogP contribution in [0.4, 0.5) is 5.69 Å². The molecule has 6 nitrogen and oxygen atoms in total. The summed E-state index contributed by atoms with van der Waals surface area (Å²) >= 11 is 5.80. The molecule has 2 atom stereocenters. The van der Waals surface area contributed by atoms with E-state index in [2.05, 4.69) is 53.1 Å². The van der Waals surface area contributed by atoms with Gasteiger partial charge in [0.2, 0.25) is 5.91 Å². The summed E-state index contributed by atoms with van der Waals surface area (Å²) in [5.41, 5.74) is 7.39. The van der Waals surface area contributed by atoms with Crippen LogP contribution < -0.4 is 10.6 Å². The average molecular weight is 496 g/mol. The van der Waals surface area contributed by atoms with Crippen LogP contribution in [-0.2, 0) is 4.79 Å². The quantitative estimate of drug-likeness (QED) is 0.350. The number of nitrogens with zero attached hydrogens (tertiary/aromatic N) is 3. The highest BCUT2D eigenvalue weighted by Gasteiger charge is 2.43. The molecule has 182 valence electrons. The Morgan fingerprint density at radius 2 is 1.61 bits per heavy atom. The number of carbonyl (C=O) groups is 1. The van der Waals surface area contributed by atoms with E-state index in [1.807, 2.05) is 71.6 Å². The van der Waals surface area contributed by atoms with Crippen LogP contribution in [0.25, 0.3) is 5.69 Å². The van der Waals surface area contributed by atoms with Gasteiger partial charge in [-0.3, -0.25) is 9.78 Å². The van der Waals surface area contributed by atoms with Crippen LogP contribution in [0.5, 0.6) is 0 Å². The van der Waals surface area contributed by atoms with Crippen LogP contribution in [0.15, 0.2) is 85.1 Å². The smallest absolute Gasteiger partial charge is 0.244 e. The number of carbonyl (C=O) groups excluding carboxylic acids is 1. The number of thiocarbonyl (C=S) groups is 1. The van der Waals surface area contributed by atoms with Crippen molar-refractivity contribution in [2.24, 2.45) is 0 Å². The summed E-state index contributed by atoms with van der Waals surface area (Å²) in [5.74, 6) is -0.119. The molecule has 1 saturated heterocycles. The van der Waals surface area contributed by atoms with Crippen LogP contribution in [0.2, 0.25) is 0 Å². The molecule has 4 aromatic rings. The summed E-state index contributed by atoms with van der Waals surface area (Å²) < 4.78 is 2.28. The molecule has 2 aromatic carbocycles. The van der Waals surface area contributed by atoms with Crippen molar-refractivity contribution in [3.8, 4) is 5.69 Å². The molecule has 1 amide bonds. The minimum atomic E-state index is -0.197. The van der Waals surface area contributed by atoms with Gasteiger partial charge in [0.1, 0.15) is 6.54 Å². The molecule has 0 unspecified atom stereocenters. The van der Waals surface area contributed by atoms with Gasteiger partial charge in [-0.2, -0.15) is 0 Å². The van der Waals surface area contributed by atoms with E-state index in [9.17, 15) is 4.79 Å². The fourth-order valence-electron chi connectivity index (χ4n) is 5.17. The second-order valence-corrected chi connectivity index (χ2v) is 9.44. The highest BCUT2D eigenvalue weighted by atomic mass is 32.1. The van der Waals surface area contributed by atoms with E-state index < -0.39 is 0 Å². The van der Waals surface area contributed by atoms with Gasteiger partial charge < -0.3 is 20.1 Å². The largest absolute Gasteiger partial charge is 0.352 e. The number of para-hydroxylation sites is 2. The Kier molecular flexibility index (Phi) is 6.57. The highest BCUT2D eigenvalue weighted by Crippen LogP contribution is 2.43. The lowest BCUT2D eigenvalue weighted by Crippen LogP contribution is -2.37. The van der Waals surface area contributed by atoms with E-state index in [1.165, 1.54) is 11.3 Å². The number of hydrogen-bond donors (Lipinski definition) is 2. The molecule has 3 heterocycles. The minimum absolute atomic E-state index is 0.119. The van der Waals surface area contributed by atoms with Gasteiger partial charge in [-0.15, -0.1) is 0 Å². The summed E-state index contributed by atoms with van der Waals surface area (Å²) in [7, 11) is 0. The van der Waals surface area contributed by atoms with Gasteiger partial charge in [0, 0.05) is 34.5 Å². The molecule has 0 bridgehead atoms. The van der Waals surface area contributed by atoms with Crippen LogP contribution in [0.1, 0.15) is 40.3 Å². The third kappa shape index (κ3) is 4.38. The lowest BCUT2D eigenvalue weighted by molar-refractivity contribution is -0.116. The number of benzene rings is 2. The molecule has 0 aliphatic carbocycles. The van der Waals surface area contributed by atoms with Gasteiger partial charge in [0.25, 0.3) is 0 Å². The van der Waals surface area contributed by atoms with Crippen LogP contribution >= 0.6 is 12.2 Å². The summed E-state index contributed by atoms with van der Waals surface area (Å²) in [5, 5.41) is 7.01. The predicted octanol–water partition coefficient (Wildman–Crippen LogP) is 5.41. The highest BCUT2D eigenvalue weighted by molar-refractivity contribution is 7.80. The number of anilines is 1. The second kappa shape index (κ2) is 9.95. The van der Waals surface area contributed by atoms with Gasteiger partial charge in [-0.25, -0.2) is 0 Å². The van der Waals surface area contributed by atoms with E-state index in [-0.39, 0.29) is 24.5 Å². The van der Waals surface area contributed by atoms with Crippen molar-refractivity contribution >= 4 is 28.9 Å². The van der Waals surface area contributed by atoms with E-state index in [0.717, 1.165) is 28.3 Å². The first kappa shape index (κ1) is 23.8. The number of pyridine rings is 1. The van der Waals surface area contributed by atoms with E-state index in [4.69, 9.17) is 12.2 Å². The summed E-state index contributed by atoms with van der Waals surface area (Å²) in [4.78, 5) is 19.8. The zero-order chi connectivity index (χ0) is 25.2. The number of hydrogen-bond acceptors (Lipinski definition) is 3. The van der Waals surface area contributed by atoms with Crippen molar-refractivity contribution in [2.75, 3.05) is 11.9 Å². The molecule has 7 heteroatoms. The molecule has 1 aliphatic heterocycles. The van der Waals surface area contributed by atoms with Crippen molar-refractivity contribution in [1.82, 2.24) is 19.8 Å². The second-order valence-electron chi connectivity index (χ2n) is 9.05. The van der Waals surface area contributed by atoms with Crippen molar-refractivity contribution in [1.29, 1.82) is 0 Å². The lowest BCUT2D eigenvalue weighted by Gasteiger charge is -2.28. The third-order valence-electron chi connectivity index (χ3n) is 6.89. The molecule has 1 fully saturated rings. The Balaban J connectivity index is 1.58. The maximum atomic E-state index is 13.1. The van der Waals surface area contributed by atoms with Crippen molar-refractivity contribution in [3.63, 3.8) is 0 Å². The first-order valence-corrected chi connectivity index (χ1v) is 12.4. The van der Waals surface area contributed by atoms with Crippen molar-refractivity contribution in [2.45, 2.75) is 32.9 Å². The molecule has 5 rings (SSSR count). The average Bonchev–Trinajstić information content (AvgIpc) is 3.32. The maximum Gasteiger partial charge on any atom is 0.244 e. The topological polar surface area (TPSA) is 62.2 Å². The normalized spacial score (nSPS) is 17.2. The fraction of sp³-hybridized carbons (Fsp3) is 0.207. The SMILES string of the molecule is Cc1c([C@H]2[C@H](c3ccccn3)NC(=S)N2CC(=O)Nc2ccccc2)c(C)n(-c2ccccc2)c1C. The Labute approximate surface area is 217 Å². The van der Waals surface area contributed by atoms with Gasteiger partial charge >= 0.3 is 0 Å². The van der Waals surface area contributed by atoms with Gasteiger partial charge in [-0.05, 0) is 75.0 Å². The summed E-state index contributed by atoms with van der Waals surface area (Å²) in [6.45, 7) is 6.56. The van der Waals surface area contributed by atoms with Gasteiger partial charge in [0.15, 0.2) is 5.11 Å². The molecule has 1 aliphatic rings. The predicted molar refractivity (Wildman–Crippen MR) is 147 cm³/mol. The monoisotopic (exact) mass is 495 g/mol. The van der Waals surface area contributed by atoms with Gasteiger partial charge in [0.05, 0.1) is 17.8 Å². The molecular weight excluding hydrogens is 466 g/mol. The maximum absolute atomic E-state index is 13.1. The van der Waals surface area contributed by atoms with E-state index in [0.29, 0.717) is 5.11 Å². The first-order valence-electron chi connectivity index (χ1n) is 12.0. The number of nitrogens with one attached hydrogen (secondary N) is 2. The number of amides is 1. The molecule has 36 heavy (non-hydrogen) atoms. The van der Waals surface area contributed by atoms with Crippen LogP contribution in [-0.4, -0.2) is 32.0 Å². The minimum Gasteiger partial charge on any atom is -0.352 e. The van der Waals surface area contributed by atoms with Crippen LogP contribution in [0.3, 0.4) is 0 Å². The van der Waals surface area contributed by atoms with Crippen LogP contribution in [0, 0.1) is 20.8 Å². The zero-order valence-electron chi connectivity index (χ0n) is 20.6. The molecule has 0 spiro atoms. The molecular formula is C29H29N5OS. The van der Waals surface area contributed by atoms with E-state index >= 15 is 0 Å².